The lowest BCUT2D eigenvalue weighted by atomic mass is 10.1. The number of carboxylic acids is 1. The molecule has 0 aromatic heterocycles. The van der Waals surface area contributed by atoms with Crippen LogP contribution in [0.25, 0.3) is 0 Å². The minimum absolute atomic E-state index is 0.279. The molecular formula is C14H21N5O4S2. The van der Waals surface area contributed by atoms with Crippen LogP contribution in [0, 0.1) is 0 Å². The highest BCUT2D eigenvalue weighted by molar-refractivity contribution is 8.18. The Kier molecular flexibility index (Phi) is 5.16. The highest BCUT2D eigenvalue weighted by atomic mass is 32.2. The number of thioether (sulfide) groups is 2. The van der Waals surface area contributed by atoms with Gasteiger partial charge in [0.25, 0.3) is 0 Å². The zero-order valence-electron chi connectivity index (χ0n) is 13.5. The fraction of sp³-hybridized carbons (Fsp3) is 0.714. The molecule has 4 rings (SSSR count). The minimum atomic E-state index is -1.06. The van der Waals surface area contributed by atoms with Gasteiger partial charge < -0.3 is 26.8 Å². The summed E-state index contributed by atoms with van der Waals surface area (Å²) in [5.41, 5.74) is 11.9. The molecule has 0 aromatic rings. The number of nitrogens with one attached hydrogen (secondary N) is 1. The van der Waals surface area contributed by atoms with Crippen LogP contribution in [0.15, 0.2) is 4.99 Å². The normalized spacial score (nSPS) is 36.6. The summed E-state index contributed by atoms with van der Waals surface area (Å²) in [7, 11) is 0. The first-order chi connectivity index (χ1) is 11.8. The van der Waals surface area contributed by atoms with E-state index in [1.807, 2.05) is 0 Å². The molecule has 0 radical (unpaired) electrons. The maximum atomic E-state index is 13.0. The SMILES string of the molecule is NC1=NCCCC(N)C(=O)NC2CSC3(C1)SCC(C(=O)O)N3C2=O. The highest BCUT2D eigenvalue weighted by Gasteiger charge is 2.57. The lowest BCUT2D eigenvalue weighted by Crippen LogP contribution is -2.63. The van der Waals surface area contributed by atoms with Crippen molar-refractivity contribution in [2.75, 3.05) is 18.1 Å². The molecule has 4 atom stereocenters. The molecular weight excluding hydrogens is 366 g/mol. The molecule has 25 heavy (non-hydrogen) atoms. The first-order valence-corrected chi connectivity index (χ1v) is 10.00. The number of aliphatic imine (C=N–C) groups is 1. The maximum absolute atomic E-state index is 13.0. The van der Waals surface area contributed by atoms with Crippen LogP contribution in [0.3, 0.4) is 0 Å². The maximum Gasteiger partial charge on any atom is 0.327 e. The fourth-order valence-electron chi connectivity index (χ4n) is 3.18. The fourth-order valence-corrected chi connectivity index (χ4v) is 6.49. The summed E-state index contributed by atoms with van der Waals surface area (Å²) in [6.45, 7) is 0.442. The first kappa shape index (κ1) is 18.3. The highest BCUT2D eigenvalue weighted by Crippen LogP contribution is 2.52. The topological polar surface area (TPSA) is 151 Å². The standard InChI is InChI=1S/C14H21N5O4S2/c15-7-2-1-3-17-10(16)4-14-19(9(6-25-14)13(22)23)12(21)8(5-24-14)18-11(7)20/h7-9H,1-6,15H2,(H2,16,17)(H,18,20)(H,22,23). The van der Waals surface area contributed by atoms with Gasteiger partial charge in [-0.3, -0.25) is 14.6 Å². The number of rotatable bonds is 1. The predicted molar refractivity (Wildman–Crippen MR) is 96.2 cm³/mol. The van der Waals surface area contributed by atoms with E-state index < -0.39 is 40.1 Å². The van der Waals surface area contributed by atoms with E-state index >= 15 is 0 Å². The summed E-state index contributed by atoms with van der Waals surface area (Å²) in [6.07, 6.45) is 1.35. The number of amidine groups is 1. The number of carbonyl (C=O) groups excluding carboxylic acids is 2. The summed E-state index contributed by atoms with van der Waals surface area (Å²) in [5.74, 6) is -0.853. The first-order valence-electron chi connectivity index (χ1n) is 8.03. The van der Waals surface area contributed by atoms with Crippen LogP contribution >= 0.6 is 23.5 Å². The van der Waals surface area contributed by atoms with Gasteiger partial charge in [0.1, 0.15) is 16.3 Å². The van der Waals surface area contributed by atoms with Crippen molar-refractivity contribution < 1.29 is 19.5 Å². The molecule has 2 amide bonds. The van der Waals surface area contributed by atoms with Crippen molar-refractivity contribution in [3.63, 3.8) is 0 Å². The van der Waals surface area contributed by atoms with Crippen molar-refractivity contribution >= 4 is 47.1 Å². The Balaban J connectivity index is 1.97. The van der Waals surface area contributed by atoms with Gasteiger partial charge in [-0.15, -0.1) is 23.5 Å². The molecule has 2 fully saturated rings. The molecule has 0 aliphatic carbocycles. The largest absolute Gasteiger partial charge is 0.480 e. The molecule has 2 saturated heterocycles. The second-order valence-corrected chi connectivity index (χ2v) is 9.11. The number of fused-ring (bicyclic) bond motifs is 8. The average molecular weight is 387 g/mol. The monoisotopic (exact) mass is 387 g/mol. The van der Waals surface area contributed by atoms with Gasteiger partial charge in [0.15, 0.2) is 0 Å². The Hall–Kier alpha value is -1.46. The van der Waals surface area contributed by atoms with Crippen molar-refractivity contribution in [2.24, 2.45) is 16.5 Å². The van der Waals surface area contributed by atoms with Crippen LogP contribution < -0.4 is 16.8 Å². The van der Waals surface area contributed by atoms with Crippen molar-refractivity contribution in [1.82, 2.24) is 10.2 Å². The minimum Gasteiger partial charge on any atom is -0.480 e. The van der Waals surface area contributed by atoms with E-state index in [2.05, 4.69) is 10.3 Å². The summed E-state index contributed by atoms with van der Waals surface area (Å²) in [4.78, 5) is 42.5. The van der Waals surface area contributed by atoms with Gasteiger partial charge in [-0.05, 0) is 12.8 Å². The van der Waals surface area contributed by atoms with Crippen LogP contribution in [0.4, 0.5) is 0 Å². The average Bonchev–Trinajstić information content (AvgIpc) is 2.94. The lowest BCUT2D eigenvalue weighted by molar-refractivity contribution is -0.151. The molecule has 11 heteroatoms. The molecule has 0 aromatic carbocycles. The van der Waals surface area contributed by atoms with E-state index in [9.17, 15) is 19.5 Å². The number of carbonyl (C=O) groups is 3. The van der Waals surface area contributed by atoms with Crippen LogP contribution in [0.2, 0.25) is 0 Å². The summed E-state index contributed by atoms with van der Waals surface area (Å²) < 4.78 is -0.787. The molecule has 4 aliphatic heterocycles. The van der Waals surface area contributed by atoms with E-state index in [4.69, 9.17) is 11.5 Å². The van der Waals surface area contributed by atoms with Crippen LogP contribution in [0.5, 0.6) is 0 Å². The quantitative estimate of drug-likeness (QED) is 0.436. The summed E-state index contributed by atoms with van der Waals surface area (Å²) in [6, 6.07) is -2.46. The third kappa shape index (κ3) is 3.44. The Labute approximate surface area is 153 Å². The van der Waals surface area contributed by atoms with Gasteiger partial charge >= 0.3 is 5.97 Å². The number of hydrogen-bond acceptors (Lipinski definition) is 8. The molecule has 6 N–H and O–H groups in total. The Morgan fingerprint density at radius 1 is 1.36 bits per heavy atom. The number of hydrogen-bond donors (Lipinski definition) is 4. The van der Waals surface area contributed by atoms with Crippen LogP contribution in [-0.4, -0.2) is 74.0 Å². The van der Waals surface area contributed by atoms with Crippen molar-refractivity contribution in [2.45, 2.75) is 41.6 Å². The Bertz CT molecular complexity index is 630. The van der Waals surface area contributed by atoms with Gasteiger partial charge in [0.2, 0.25) is 11.8 Å². The third-order valence-corrected chi connectivity index (χ3v) is 7.76. The zero-order valence-corrected chi connectivity index (χ0v) is 15.1. The number of nitrogens with two attached hydrogens (primary N) is 2. The molecule has 1 spiro atoms. The van der Waals surface area contributed by atoms with Crippen molar-refractivity contribution in [1.29, 1.82) is 0 Å². The lowest BCUT2D eigenvalue weighted by Gasteiger charge is -2.44. The molecule has 9 nitrogen and oxygen atoms in total. The second kappa shape index (κ2) is 7.04. The van der Waals surface area contributed by atoms with Crippen molar-refractivity contribution in [3.05, 3.63) is 0 Å². The Morgan fingerprint density at radius 3 is 2.80 bits per heavy atom. The van der Waals surface area contributed by atoms with Gasteiger partial charge in [0.05, 0.1) is 11.9 Å². The molecule has 2 bridgehead atoms. The van der Waals surface area contributed by atoms with E-state index in [-0.39, 0.29) is 5.75 Å². The van der Waals surface area contributed by atoms with Crippen molar-refractivity contribution in [3.8, 4) is 0 Å². The van der Waals surface area contributed by atoms with Gasteiger partial charge in [-0.25, -0.2) is 4.79 Å². The zero-order chi connectivity index (χ0) is 18.2. The van der Waals surface area contributed by atoms with Gasteiger partial charge in [-0.2, -0.15) is 0 Å². The molecule has 4 aliphatic rings. The number of aliphatic carboxylic acids is 1. The van der Waals surface area contributed by atoms with Crippen LogP contribution in [0.1, 0.15) is 19.3 Å². The summed E-state index contributed by atoms with van der Waals surface area (Å²) in [5, 5.41) is 12.2. The Morgan fingerprint density at radius 2 is 2.08 bits per heavy atom. The van der Waals surface area contributed by atoms with E-state index in [0.717, 1.165) is 0 Å². The third-order valence-electron chi connectivity index (χ3n) is 4.49. The van der Waals surface area contributed by atoms with E-state index in [1.54, 1.807) is 0 Å². The number of carboxylic acid groups (broad SMARTS) is 1. The second-order valence-electron chi connectivity index (χ2n) is 6.26. The number of nitrogens with zero attached hydrogens (tertiary/aromatic N) is 2. The van der Waals surface area contributed by atoms with E-state index in [1.165, 1.54) is 28.4 Å². The molecule has 4 heterocycles. The van der Waals surface area contributed by atoms with Gasteiger partial charge in [0, 0.05) is 24.5 Å². The van der Waals surface area contributed by atoms with Crippen LogP contribution in [-0.2, 0) is 14.4 Å². The number of amides is 2. The predicted octanol–water partition coefficient (Wildman–Crippen LogP) is -1.23. The van der Waals surface area contributed by atoms with E-state index in [0.29, 0.717) is 37.4 Å². The molecule has 4 unspecified atom stereocenters. The molecule has 0 saturated carbocycles. The molecule has 138 valence electrons. The smallest absolute Gasteiger partial charge is 0.327 e. The summed E-state index contributed by atoms with van der Waals surface area (Å²) >= 11 is 2.83. The van der Waals surface area contributed by atoms with Gasteiger partial charge in [-0.1, -0.05) is 0 Å².